The van der Waals surface area contributed by atoms with Crippen molar-refractivity contribution in [3.63, 3.8) is 0 Å². The lowest BCUT2D eigenvalue weighted by Gasteiger charge is -2.38. The first-order chi connectivity index (χ1) is 48.1. The predicted octanol–water partition coefficient (Wildman–Crippen LogP) is 18.9. The van der Waals surface area contributed by atoms with Crippen LogP contribution < -0.4 is 24.2 Å². The van der Waals surface area contributed by atoms with E-state index in [9.17, 15) is 14.4 Å². The number of para-hydroxylation sites is 2. The molecule has 17 rings (SSSR count). The first kappa shape index (κ1) is 66.0. The maximum Gasteiger partial charge on any atom is 0.340 e. The lowest BCUT2D eigenvalue weighted by Crippen LogP contribution is -2.34. The van der Waals surface area contributed by atoms with Gasteiger partial charge in [0.25, 0.3) is 0 Å². The molecule has 0 fully saturated rings. The summed E-state index contributed by atoms with van der Waals surface area (Å²) in [5, 5.41) is 2.20. The van der Waals surface area contributed by atoms with Gasteiger partial charge in [0.1, 0.15) is 23.0 Å². The van der Waals surface area contributed by atoms with Crippen LogP contribution in [0, 0.1) is 20.8 Å². The van der Waals surface area contributed by atoms with Crippen LogP contribution in [0.5, 0.6) is 23.0 Å². The number of fused-ring (bicyclic) bond motifs is 15. The molecule has 0 radical (unpaired) electrons. The molecule has 13 nitrogen and oxygen atoms in total. The van der Waals surface area contributed by atoms with Gasteiger partial charge in [-0.1, -0.05) is 140 Å². The summed E-state index contributed by atoms with van der Waals surface area (Å²) in [6.07, 6.45) is 0. The van der Waals surface area contributed by atoms with Gasteiger partial charge in [-0.15, -0.1) is 0 Å². The summed E-state index contributed by atoms with van der Waals surface area (Å²) in [7, 11) is 4.15. The number of nitrogens with zero attached hydrogens (tertiary/aromatic N) is 5. The van der Waals surface area contributed by atoms with Crippen molar-refractivity contribution in [1.82, 2.24) is 9.13 Å². The number of rotatable bonds is 12. The zero-order chi connectivity index (χ0) is 68.6. The van der Waals surface area contributed by atoms with Gasteiger partial charge in [0.15, 0.2) is 16.8 Å². The molecule has 2 atom stereocenters. The van der Waals surface area contributed by atoms with E-state index in [1.54, 1.807) is 0 Å². The Bertz CT molecular complexity index is 5130. The summed E-state index contributed by atoms with van der Waals surface area (Å²) in [5.74, 6) is 2.00. The third-order valence-corrected chi connectivity index (χ3v) is 21.0. The number of aryl methyl sites for hydroxylation is 3. The summed E-state index contributed by atoms with van der Waals surface area (Å²) < 4.78 is 36.4. The maximum absolute atomic E-state index is 13.3. The van der Waals surface area contributed by atoms with Crippen molar-refractivity contribution in [1.29, 1.82) is 0 Å². The number of aromatic nitrogens is 2. The van der Waals surface area contributed by atoms with Gasteiger partial charge < -0.3 is 47.5 Å². The van der Waals surface area contributed by atoms with Gasteiger partial charge in [-0.05, 0) is 146 Å². The third kappa shape index (κ3) is 10.1. The minimum Gasteiger partial charge on any atom is -0.456 e. The second-order valence-electron chi connectivity index (χ2n) is 26.0. The SMILES string of the molecule is C.CCN(CC)c1ccc2c(c1)Oc1ccc(C)cc1C21OC(=O)c2ccccc21.CCN(CC)c1ccc2c(c1)Oc1ccc(N(CC)Cc3ccccc3)cc1C21OC(=O)c2ccccc21.Cc1c(C2(c3c(C)n(C)c4ccccc34)OC(=O)c3ccccc32)c2ccccc2n1C. The molecule has 5 aliphatic rings. The summed E-state index contributed by atoms with van der Waals surface area (Å²) in [6, 6.07) is 75.1. The average Bonchev–Trinajstić information content (AvgIpc) is 1.48. The maximum atomic E-state index is 13.3. The van der Waals surface area contributed by atoms with Crippen LogP contribution in [0.3, 0.4) is 0 Å². The predicted molar refractivity (Wildman–Crippen MR) is 398 cm³/mol. The van der Waals surface area contributed by atoms with Gasteiger partial charge in [-0.25, -0.2) is 14.4 Å². The van der Waals surface area contributed by atoms with Crippen LogP contribution in [0.4, 0.5) is 17.1 Å². The zero-order valence-electron chi connectivity index (χ0n) is 57.6. The van der Waals surface area contributed by atoms with Gasteiger partial charge >= 0.3 is 17.9 Å². The fraction of sp³-hybridized carbons (Fsp3) is 0.230. The van der Waals surface area contributed by atoms with Gasteiger partial charge in [-0.3, -0.25) is 0 Å². The van der Waals surface area contributed by atoms with Crippen molar-refractivity contribution in [3.05, 3.63) is 314 Å². The van der Waals surface area contributed by atoms with Crippen LogP contribution in [0.25, 0.3) is 21.8 Å². The summed E-state index contributed by atoms with van der Waals surface area (Å²) in [5.41, 5.74) is 16.9. The molecule has 0 saturated carbocycles. The van der Waals surface area contributed by atoms with Crippen LogP contribution in [0.2, 0.25) is 0 Å². The number of hydrogen-bond acceptors (Lipinski definition) is 11. The second kappa shape index (κ2) is 25.8. The molecule has 2 spiro atoms. The van der Waals surface area contributed by atoms with Crippen molar-refractivity contribution in [2.75, 3.05) is 47.4 Å². The number of carbonyl (C=O) groups is 3. The molecular formula is C87H83N5O8. The van der Waals surface area contributed by atoms with Crippen LogP contribution >= 0.6 is 0 Å². The molecule has 5 aliphatic heterocycles. The number of carbonyl (C=O) groups excluding carboxylic acids is 3. The van der Waals surface area contributed by atoms with Crippen molar-refractivity contribution in [2.24, 2.45) is 14.1 Å². The van der Waals surface area contributed by atoms with Crippen molar-refractivity contribution in [2.45, 2.75) is 86.2 Å². The van der Waals surface area contributed by atoms with E-state index in [0.717, 1.165) is 162 Å². The number of benzene rings is 10. The molecule has 10 aromatic carbocycles. The van der Waals surface area contributed by atoms with E-state index in [4.69, 9.17) is 23.7 Å². The smallest absolute Gasteiger partial charge is 0.340 e. The lowest BCUT2D eigenvalue weighted by atomic mass is 9.77. The molecule has 0 N–H and O–H groups in total. The minimum atomic E-state index is -1.07. The molecule has 0 amide bonds. The van der Waals surface area contributed by atoms with Crippen LogP contribution in [0.1, 0.15) is 146 Å². The van der Waals surface area contributed by atoms with E-state index in [-0.39, 0.29) is 25.3 Å². The number of hydrogen-bond donors (Lipinski definition) is 0. The molecule has 100 heavy (non-hydrogen) atoms. The molecule has 13 heteroatoms. The number of ether oxygens (including phenoxy) is 5. The van der Waals surface area contributed by atoms with Gasteiger partial charge in [0.2, 0.25) is 0 Å². The summed E-state index contributed by atoms with van der Waals surface area (Å²) in [6.45, 7) is 22.2. The highest BCUT2D eigenvalue weighted by Crippen LogP contribution is 2.60. The molecule has 0 saturated heterocycles. The quantitative estimate of drug-likeness (QED) is 0.0860. The van der Waals surface area contributed by atoms with E-state index >= 15 is 0 Å². The van der Waals surface area contributed by atoms with Crippen LogP contribution in [0.15, 0.2) is 224 Å². The molecular weight excluding hydrogens is 1240 g/mol. The number of cyclic esters (lactones) is 1. The van der Waals surface area contributed by atoms with Gasteiger partial charge in [0.05, 0.1) is 16.7 Å². The fourth-order valence-corrected chi connectivity index (χ4v) is 16.0. The van der Waals surface area contributed by atoms with Crippen molar-refractivity contribution >= 4 is 56.8 Å². The van der Waals surface area contributed by atoms with E-state index in [1.165, 1.54) is 5.56 Å². The third-order valence-electron chi connectivity index (χ3n) is 21.0. The van der Waals surface area contributed by atoms with Gasteiger partial charge in [0, 0.05) is 166 Å². The summed E-state index contributed by atoms with van der Waals surface area (Å²) >= 11 is 0. The Morgan fingerprint density at radius 3 is 1.18 bits per heavy atom. The van der Waals surface area contributed by atoms with Crippen molar-refractivity contribution < 1.29 is 38.1 Å². The van der Waals surface area contributed by atoms with E-state index in [2.05, 4.69) is 208 Å². The average molecular weight is 1330 g/mol. The molecule has 0 aliphatic carbocycles. The van der Waals surface area contributed by atoms with Crippen molar-refractivity contribution in [3.8, 4) is 23.0 Å². The molecule has 12 aromatic rings. The Morgan fingerprint density at radius 2 is 0.720 bits per heavy atom. The molecule has 0 bridgehead atoms. The van der Waals surface area contributed by atoms with E-state index in [1.807, 2.05) is 110 Å². The number of esters is 3. The highest BCUT2D eigenvalue weighted by Gasteiger charge is 2.56. The Hall–Kier alpha value is -11.3. The van der Waals surface area contributed by atoms with E-state index < -0.39 is 16.8 Å². The molecule has 2 unspecified atom stereocenters. The minimum absolute atomic E-state index is 0. The topological polar surface area (TPSA) is 117 Å². The molecule has 504 valence electrons. The Balaban J connectivity index is 0.000000128. The Labute approximate surface area is 585 Å². The molecule has 7 heterocycles. The van der Waals surface area contributed by atoms with E-state index in [0.29, 0.717) is 22.4 Å². The number of anilines is 3. The standard InChI is InChI=1S/C33H32N2O3.C28H24N2O2.C25H23NO3.CH4/c1-4-34(5-2)25-16-18-28-31(21-25)37-30-19-17-24(35(6-3)22-23-12-8-7-9-13-23)20-29(30)33(28)27-15-11-10-14-26(27)32(36)38-33;1-17-25(20-12-6-9-15-23(20)29(17)3)28(22-14-8-5-11-19(22)27(31)32-28)26-18(2)30(4)24-16-10-7-13-21(24)26;1-4-26(5-2)17-11-12-20-23(15-17)28-22-13-10-16(3)14-21(22)25(20)19-9-7-6-8-18(19)24(27)29-25;/h7-21H,4-6,22H2,1-3H3;5-16H,1-4H3;6-15H,4-5H2,1-3H3;1H4. The van der Waals surface area contributed by atoms with Crippen LogP contribution in [-0.2, 0) is 51.7 Å². The lowest BCUT2D eigenvalue weighted by molar-refractivity contribution is 0.0214. The zero-order valence-corrected chi connectivity index (χ0v) is 57.6. The highest BCUT2D eigenvalue weighted by atomic mass is 16.6. The Morgan fingerprint density at radius 1 is 0.350 bits per heavy atom. The first-order valence-electron chi connectivity index (χ1n) is 34.4. The van der Waals surface area contributed by atoms with Gasteiger partial charge in [-0.2, -0.15) is 0 Å². The Kier molecular flexibility index (Phi) is 17.0. The highest BCUT2D eigenvalue weighted by molar-refractivity contribution is 6.02. The van der Waals surface area contributed by atoms with Crippen LogP contribution in [-0.4, -0.2) is 59.8 Å². The monoisotopic (exact) mass is 1330 g/mol. The second-order valence-corrected chi connectivity index (χ2v) is 26.0. The fourth-order valence-electron chi connectivity index (χ4n) is 16.0. The molecule has 2 aromatic heterocycles. The largest absolute Gasteiger partial charge is 0.456 e. The first-order valence-corrected chi connectivity index (χ1v) is 34.4. The summed E-state index contributed by atoms with van der Waals surface area (Å²) in [4.78, 5) is 46.3. The normalized spacial score (nSPS) is 16.5.